The molecule has 0 fully saturated rings. The maximum absolute atomic E-state index is 12.3. The lowest BCUT2D eigenvalue weighted by molar-refractivity contribution is -0.133. The van der Waals surface area contributed by atoms with E-state index in [2.05, 4.69) is 60.0 Å². The van der Waals surface area contributed by atoms with E-state index in [4.69, 9.17) is 14.6 Å². The molecule has 0 saturated heterocycles. The molecule has 2 unspecified atom stereocenters. The number of carboxylic acids is 1. The number of nitrogens with one attached hydrogen (secondary N) is 2. The van der Waals surface area contributed by atoms with Crippen molar-refractivity contribution in [3.8, 4) is 0 Å². The normalized spacial score (nSPS) is 13.0. The summed E-state index contributed by atoms with van der Waals surface area (Å²) in [5, 5.41) is 16.8. The van der Waals surface area contributed by atoms with Crippen LogP contribution in [0.4, 0.5) is 16.2 Å². The molecule has 1 rings (SSSR count). The maximum atomic E-state index is 12.3. The molecule has 3 N–H and O–H groups in total. The number of aromatic carboxylic acids is 1. The van der Waals surface area contributed by atoms with Gasteiger partial charge in [-0.25, -0.2) is 9.59 Å². The van der Waals surface area contributed by atoms with E-state index in [0.29, 0.717) is 19.4 Å². The molecule has 0 radical (unpaired) electrons. The van der Waals surface area contributed by atoms with Gasteiger partial charge in [-0.15, -0.1) is 4.91 Å². The van der Waals surface area contributed by atoms with Crippen LogP contribution in [0.25, 0.3) is 0 Å². The van der Waals surface area contributed by atoms with Crippen LogP contribution in [0.5, 0.6) is 0 Å². The molecule has 0 spiro atoms. The summed E-state index contributed by atoms with van der Waals surface area (Å²) in [5.41, 5.74) is -0.469. The number of nitrogens with zero attached hydrogens (tertiary/aromatic N) is 1. The third kappa shape index (κ3) is 14.7. The lowest BCUT2D eigenvalue weighted by atomic mass is 10.1. The third-order valence-electron chi connectivity index (χ3n) is 5.75. The highest BCUT2D eigenvalue weighted by molar-refractivity contribution is 5.96. The molecule has 0 heterocycles. The van der Waals surface area contributed by atoms with Crippen LogP contribution in [-0.2, 0) is 14.3 Å². The predicted molar refractivity (Wildman–Crippen MR) is 152 cm³/mol. The monoisotopic (exact) mass is 543 g/mol. The van der Waals surface area contributed by atoms with Crippen molar-refractivity contribution in [3.05, 3.63) is 65.1 Å². The summed E-state index contributed by atoms with van der Waals surface area (Å²) in [7, 11) is 0. The summed E-state index contributed by atoms with van der Waals surface area (Å²) in [6.45, 7) is 6.71. The Bertz CT molecular complexity index is 1000. The van der Waals surface area contributed by atoms with Gasteiger partial charge in [0.1, 0.15) is 18.4 Å². The van der Waals surface area contributed by atoms with Crippen molar-refractivity contribution in [1.29, 1.82) is 0 Å². The number of allylic oxidation sites excluding steroid dienone is 5. The number of amides is 2. The first kappa shape index (κ1) is 33.2. The topological polar surface area (TPSA) is 143 Å². The Balaban J connectivity index is 2.23. The molecule has 2 amide bonds. The average Bonchev–Trinajstić information content (AvgIpc) is 2.93. The molecule has 39 heavy (non-hydrogen) atoms. The summed E-state index contributed by atoms with van der Waals surface area (Å²) in [4.78, 5) is 46.1. The van der Waals surface area contributed by atoms with Gasteiger partial charge in [-0.2, -0.15) is 0 Å². The molecule has 0 aliphatic heterocycles. The highest BCUT2D eigenvalue weighted by atomic mass is 16.5. The largest absolute Gasteiger partial charge is 0.478 e. The van der Waals surface area contributed by atoms with Gasteiger partial charge in [-0.1, -0.05) is 63.6 Å². The van der Waals surface area contributed by atoms with Crippen molar-refractivity contribution in [2.45, 2.75) is 65.4 Å². The molecule has 1 aromatic carbocycles. The number of hydrogen-bond acceptors (Lipinski definition) is 7. The summed E-state index contributed by atoms with van der Waals surface area (Å²) in [5.74, 6) is -0.909. The Hall–Kier alpha value is -3.79. The fourth-order valence-corrected chi connectivity index (χ4v) is 3.26. The van der Waals surface area contributed by atoms with E-state index in [0.717, 1.165) is 31.2 Å². The Morgan fingerprint density at radius 1 is 1.00 bits per heavy atom. The molecule has 0 aliphatic carbocycles. The van der Waals surface area contributed by atoms with Crippen LogP contribution in [0.15, 0.2) is 59.8 Å². The maximum Gasteiger partial charge on any atom is 0.411 e. The third-order valence-corrected chi connectivity index (χ3v) is 5.75. The molecule has 1 aromatic rings. The Morgan fingerprint density at radius 3 is 2.33 bits per heavy atom. The van der Waals surface area contributed by atoms with E-state index in [1.165, 1.54) is 18.6 Å². The molecule has 0 aliphatic rings. The number of carbonyl (C=O) groups is 3. The van der Waals surface area contributed by atoms with Crippen molar-refractivity contribution in [1.82, 2.24) is 5.32 Å². The van der Waals surface area contributed by atoms with Gasteiger partial charge < -0.3 is 19.9 Å². The highest BCUT2D eigenvalue weighted by Gasteiger charge is 2.16. The van der Waals surface area contributed by atoms with E-state index in [1.54, 1.807) is 0 Å². The number of carboxylic acid groups (broad SMARTS) is 1. The van der Waals surface area contributed by atoms with Gasteiger partial charge in [0, 0.05) is 5.69 Å². The van der Waals surface area contributed by atoms with Crippen molar-refractivity contribution in [3.63, 3.8) is 0 Å². The second kappa shape index (κ2) is 20.2. The molecule has 2 atom stereocenters. The van der Waals surface area contributed by atoms with Crippen LogP contribution in [-0.4, -0.2) is 48.9 Å². The van der Waals surface area contributed by atoms with Crippen LogP contribution in [0.3, 0.4) is 0 Å². The zero-order valence-electron chi connectivity index (χ0n) is 23.1. The van der Waals surface area contributed by atoms with Crippen molar-refractivity contribution >= 4 is 29.3 Å². The smallest absolute Gasteiger partial charge is 0.411 e. The molecule has 214 valence electrons. The molecule has 0 aromatic heterocycles. The van der Waals surface area contributed by atoms with Gasteiger partial charge in [-0.3, -0.25) is 10.1 Å². The van der Waals surface area contributed by atoms with E-state index in [-0.39, 0.29) is 36.0 Å². The minimum atomic E-state index is -1.35. The van der Waals surface area contributed by atoms with E-state index in [1.807, 2.05) is 13.0 Å². The van der Waals surface area contributed by atoms with Crippen molar-refractivity contribution < 1.29 is 29.0 Å². The second-order valence-corrected chi connectivity index (χ2v) is 8.87. The van der Waals surface area contributed by atoms with Gasteiger partial charge >= 0.3 is 12.1 Å². The highest BCUT2D eigenvalue weighted by Crippen LogP contribution is 2.23. The molecule has 10 nitrogen and oxygen atoms in total. The number of carbonyl (C=O) groups excluding carboxylic acids is 2. The SMILES string of the molecule is CCC(C)C/C=C\C/C=C\C/C=C\CCOC(CC)C(=O)NCCOC(=O)Nc1ccc(N=O)c(C(=O)O)c1. The lowest BCUT2D eigenvalue weighted by Gasteiger charge is -2.15. The minimum Gasteiger partial charge on any atom is -0.478 e. The molecular formula is C29H41N3O7. The zero-order chi connectivity index (χ0) is 28.9. The predicted octanol–water partition coefficient (Wildman–Crippen LogP) is 6.52. The Labute approximate surface area is 230 Å². The Morgan fingerprint density at radius 2 is 1.69 bits per heavy atom. The van der Waals surface area contributed by atoms with Gasteiger partial charge in [0.25, 0.3) is 0 Å². The van der Waals surface area contributed by atoms with Crippen LogP contribution in [0.1, 0.15) is 69.7 Å². The van der Waals surface area contributed by atoms with Crippen LogP contribution in [0, 0.1) is 10.8 Å². The number of hydrogen-bond donors (Lipinski definition) is 3. The fourth-order valence-electron chi connectivity index (χ4n) is 3.26. The van der Waals surface area contributed by atoms with E-state index in [9.17, 15) is 19.3 Å². The summed E-state index contributed by atoms with van der Waals surface area (Å²) >= 11 is 0. The first-order chi connectivity index (χ1) is 18.8. The fraction of sp³-hybridized carbons (Fsp3) is 0.483. The van der Waals surface area contributed by atoms with Gasteiger partial charge in [0.15, 0.2) is 0 Å². The summed E-state index contributed by atoms with van der Waals surface area (Å²) in [6, 6.07) is 3.61. The number of benzene rings is 1. The van der Waals surface area contributed by atoms with Crippen LogP contribution < -0.4 is 10.6 Å². The van der Waals surface area contributed by atoms with Gasteiger partial charge in [0.2, 0.25) is 5.91 Å². The van der Waals surface area contributed by atoms with E-state index < -0.39 is 18.2 Å². The quantitative estimate of drug-likeness (QED) is 0.102. The average molecular weight is 544 g/mol. The van der Waals surface area contributed by atoms with Crippen LogP contribution in [0.2, 0.25) is 0 Å². The molecule has 0 saturated carbocycles. The van der Waals surface area contributed by atoms with Crippen LogP contribution >= 0.6 is 0 Å². The lowest BCUT2D eigenvalue weighted by Crippen LogP contribution is -2.38. The Kier molecular flexibility index (Phi) is 17.2. The van der Waals surface area contributed by atoms with Gasteiger partial charge in [-0.05, 0) is 61.4 Å². The van der Waals surface area contributed by atoms with Crippen molar-refractivity contribution in [2.75, 3.05) is 25.1 Å². The second-order valence-electron chi connectivity index (χ2n) is 8.87. The first-order valence-corrected chi connectivity index (χ1v) is 13.3. The number of rotatable bonds is 19. The molecule has 0 bridgehead atoms. The van der Waals surface area contributed by atoms with E-state index >= 15 is 0 Å². The minimum absolute atomic E-state index is 0.0829. The van der Waals surface area contributed by atoms with Gasteiger partial charge in [0.05, 0.1) is 18.7 Å². The molecule has 10 heteroatoms. The molecular weight excluding hydrogens is 502 g/mol. The number of anilines is 1. The zero-order valence-corrected chi connectivity index (χ0v) is 23.1. The number of ether oxygens (including phenoxy) is 2. The first-order valence-electron chi connectivity index (χ1n) is 13.3. The number of nitroso groups, excluding NO2 is 1. The van der Waals surface area contributed by atoms with Crippen molar-refractivity contribution in [2.24, 2.45) is 11.1 Å². The summed E-state index contributed by atoms with van der Waals surface area (Å²) < 4.78 is 10.7. The summed E-state index contributed by atoms with van der Waals surface area (Å²) in [6.07, 6.45) is 16.7. The standard InChI is InChI=1S/C29H41N3O7/c1-4-22(3)15-13-11-9-7-6-8-10-12-14-19-38-26(5-2)27(33)30-18-20-39-29(36)31-23-16-17-25(32-37)24(21-23)28(34)35/h6-7,10-13,16-17,21-22,26H,4-5,8-9,14-15,18-20H2,1-3H3,(H,30,33)(H,31,36)(H,34,35)/b7-6-,12-10-,13-11-.